The molecule has 2 aromatic heterocycles. The number of hydrogen-bond acceptors (Lipinski definition) is 11. The van der Waals surface area contributed by atoms with Crippen molar-refractivity contribution in [2.24, 2.45) is 0 Å². The first-order valence-electron chi connectivity index (χ1n) is 14.6. The summed E-state index contributed by atoms with van der Waals surface area (Å²) in [7, 11) is 1.51. The fourth-order valence-electron chi connectivity index (χ4n) is 5.32. The van der Waals surface area contributed by atoms with Crippen LogP contribution in [0, 0.1) is 0 Å². The number of ether oxygens (including phenoxy) is 2. The van der Waals surface area contributed by atoms with Gasteiger partial charge in [-0.05, 0) is 24.3 Å². The van der Waals surface area contributed by atoms with Gasteiger partial charge in [-0.25, -0.2) is 14.6 Å². The SMILES string of the molecule is C=C/C(C=O)=C(\C=C)C1(OC)c2ccc(O)cc2Oc2cc(O)ccc21.CC(=O)NCCN(O)c1nn2cc(-c3ccccc3)nc2s1. The molecule has 6 rings (SSSR count). The molecule has 12 nitrogen and oxygen atoms in total. The monoisotopic (exact) mass is 667 g/mol. The Balaban J connectivity index is 0.000000190. The molecule has 246 valence electrons. The lowest BCUT2D eigenvalue weighted by Gasteiger charge is -2.40. The van der Waals surface area contributed by atoms with E-state index in [1.807, 2.05) is 36.5 Å². The van der Waals surface area contributed by atoms with Crippen LogP contribution in [0.4, 0.5) is 5.13 Å². The first-order chi connectivity index (χ1) is 23.1. The van der Waals surface area contributed by atoms with E-state index in [0.717, 1.165) is 16.3 Å². The molecule has 0 radical (unpaired) electrons. The van der Waals surface area contributed by atoms with Gasteiger partial charge in [-0.1, -0.05) is 67.0 Å². The maximum Gasteiger partial charge on any atom is 0.231 e. The second kappa shape index (κ2) is 14.3. The van der Waals surface area contributed by atoms with E-state index in [2.05, 4.69) is 28.6 Å². The van der Waals surface area contributed by atoms with E-state index in [9.17, 15) is 25.0 Å². The Morgan fingerprint density at radius 3 is 2.23 bits per heavy atom. The smallest absolute Gasteiger partial charge is 0.231 e. The molecule has 0 atom stereocenters. The number of phenols is 2. The van der Waals surface area contributed by atoms with Gasteiger partial charge < -0.3 is 25.0 Å². The number of carbonyl (C=O) groups is 2. The Kier molecular flexibility index (Phi) is 10.0. The molecule has 0 spiro atoms. The Hall–Kier alpha value is -5.76. The highest BCUT2D eigenvalue weighted by Crippen LogP contribution is 2.54. The predicted octanol–water partition coefficient (Wildman–Crippen LogP) is 5.75. The first-order valence-corrected chi connectivity index (χ1v) is 15.4. The van der Waals surface area contributed by atoms with E-state index in [0.29, 0.717) is 56.7 Å². The van der Waals surface area contributed by atoms with Crippen LogP contribution in [0.5, 0.6) is 23.0 Å². The maximum atomic E-state index is 11.6. The molecule has 3 aromatic carbocycles. The number of phenolic OH excluding ortho intramolecular Hbond substituents is 2. The fourth-order valence-corrected chi connectivity index (χ4v) is 6.14. The van der Waals surface area contributed by atoms with Crippen LogP contribution in [-0.4, -0.2) is 62.4 Å². The molecular weight excluding hydrogens is 634 g/mol. The third kappa shape index (κ3) is 6.55. The number of anilines is 1. The highest BCUT2D eigenvalue weighted by atomic mass is 32.1. The molecule has 4 N–H and O–H groups in total. The summed E-state index contributed by atoms with van der Waals surface area (Å²) in [6.45, 7) is 9.59. The average Bonchev–Trinajstić information content (AvgIpc) is 3.67. The van der Waals surface area contributed by atoms with E-state index < -0.39 is 5.60 Å². The molecule has 1 aliphatic rings. The average molecular weight is 668 g/mol. The quantitative estimate of drug-likeness (QED) is 0.0625. The third-order valence-electron chi connectivity index (χ3n) is 7.48. The number of hydrogen-bond donors (Lipinski definition) is 4. The minimum Gasteiger partial charge on any atom is -0.508 e. The number of imidazole rings is 1. The lowest BCUT2D eigenvalue weighted by molar-refractivity contribution is -0.118. The zero-order valence-corrected chi connectivity index (χ0v) is 27.0. The van der Waals surface area contributed by atoms with Gasteiger partial charge in [0.25, 0.3) is 0 Å². The molecule has 3 heterocycles. The summed E-state index contributed by atoms with van der Waals surface area (Å²) in [4.78, 5) is 27.6. The van der Waals surface area contributed by atoms with Crippen LogP contribution in [0.3, 0.4) is 0 Å². The molecule has 48 heavy (non-hydrogen) atoms. The zero-order chi connectivity index (χ0) is 34.4. The number of nitrogens with zero attached hydrogens (tertiary/aromatic N) is 4. The summed E-state index contributed by atoms with van der Waals surface area (Å²) in [5.74, 6) is 0.591. The van der Waals surface area contributed by atoms with E-state index in [1.165, 1.54) is 61.8 Å². The Morgan fingerprint density at radius 1 is 1.06 bits per heavy atom. The van der Waals surface area contributed by atoms with Crippen LogP contribution in [-0.2, 0) is 19.9 Å². The van der Waals surface area contributed by atoms with Crippen molar-refractivity contribution < 1.29 is 34.5 Å². The van der Waals surface area contributed by atoms with Gasteiger partial charge >= 0.3 is 0 Å². The van der Waals surface area contributed by atoms with Crippen LogP contribution >= 0.6 is 11.3 Å². The van der Waals surface area contributed by atoms with Crippen molar-refractivity contribution in [3.63, 3.8) is 0 Å². The summed E-state index contributed by atoms with van der Waals surface area (Å²) in [6.07, 6.45) is 5.47. The number of benzene rings is 3. The lowest BCUT2D eigenvalue weighted by atomic mass is 9.75. The third-order valence-corrected chi connectivity index (χ3v) is 8.41. The molecule has 1 amide bonds. The first kappa shape index (κ1) is 33.6. The fraction of sp³-hybridized carbons (Fsp3) is 0.143. The van der Waals surface area contributed by atoms with Gasteiger partial charge in [-0.2, -0.15) is 0 Å². The molecule has 0 bridgehead atoms. The van der Waals surface area contributed by atoms with Gasteiger partial charge in [-0.3, -0.25) is 14.8 Å². The van der Waals surface area contributed by atoms with Crippen molar-refractivity contribution in [3.05, 3.63) is 121 Å². The van der Waals surface area contributed by atoms with Crippen molar-refractivity contribution in [3.8, 4) is 34.3 Å². The summed E-state index contributed by atoms with van der Waals surface area (Å²) in [5.41, 5.74) is 2.60. The molecule has 0 fully saturated rings. The number of hydroxylamine groups is 1. The van der Waals surface area contributed by atoms with E-state index in [4.69, 9.17) is 9.47 Å². The number of carbonyl (C=O) groups excluding carboxylic acids is 2. The van der Waals surface area contributed by atoms with Gasteiger partial charge in [0.05, 0.1) is 18.4 Å². The van der Waals surface area contributed by atoms with Crippen molar-refractivity contribution in [2.45, 2.75) is 12.5 Å². The number of allylic oxidation sites excluding steroid dienone is 2. The molecule has 5 aromatic rings. The highest BCUT2D eigenvalue weighted by molar-refractivity contribution is 7.20. The zero-order valence-electron chi connectivity index (χ0n) is 26.2. The van der Waals surface area contributed by atoms with E-state index in [1.54, 1.807) is 16.6 Å². The molecule has 1 aliphatic heterocycles. The van der Waals surface area contributed by atoms with Gasteiger partial charge in [0.15, 0.2) is 5.60 Å². The van der Waals surface area contributed by atoms with Gasteiger partial charge in [0.2, 0.25) is 16.0 Å². The van der Waals surface area contributed by atoms with Gasteiger partial charge in [-0.15, -0.1) is 5.10 Å². The van der Waals surface area contributed by atoms with Gasteiger partial charge in [0, 0.05) is 60.5 Å². The number of methoxy groups -OCH3 is 1. The molecule has 13 heteroatoms. The summed E-state index contributed by atoms with van der Waals surface area (Å²) in [6, 6.07) is 19.1. The molecule has 0 aliphatic carbocycles. The largest absolute Gasteiger partial charge is 0.508 e. The number of rotatable bonds is 10. The van der Waals surface area contributed by atoms with Crippen molar-refractivity contribution >= 4 is 33.6 Å². The minimum atomic E-state index is -1.23. The number of fused-ring (bicyclic) bond motifs is 3. The minimum absolute atomic E-state index is 0.0146. The van der Waals surface area contributed by atoms with E-state index >= 15 is 0 Å². The van der Waals surface area contributed by atoms with Crippen LogP contribution < -0.4 is 15.1 Å². The number of nitrogens with one attached hydrogen (secondary N) is 1. The second-order valence-electron chi connectivity index (χ2n) is 10.5. The summed E-state index contributed by atoms with van der Waals surface area (Å²) >= 11 is 1.28. The second-order valence-corrected chi connectivity index (χ2v) is 11.4. The van der Waals surface area contributed by atoms with E-state index in [-0.39, 0.29) is 24.0 Å². The number of aromatic hydroxyl groups is 2. The molecule has 0 saturated heterocycles. The maximum absolute atomic E-state index is 11.6. The Bertz CT molecular complexity index is 1930. The number of amides is 1. The number of aromatic nitrogens is 3. The van der Waals surface area contributed by atoms with Crippen LogP contribution in [0.2, 0.25) is 0 Å². The number of aldehydes is 1. The van der Waals surface area contributed by atoms with Gasteiger partial charge in [0.1, 0.15) is 29.3 Å². The predicted molar refractivity (Wildman–Crippen MR) is 182 cm³/mol. The molecule has 0 unspecified atom stereocenters. The van der Waals surface area contributed by atoms with Crippen molar-refractivity contribution in [2.75, 3.05) is 25.3 Å². The lowest BCUT2D eigenvalue weighted by Crippen LogP contribution is -2.36. The molecular formula is C35H33N5O7S. The normalized spacial score (nSPS) is 13.1. The van der Waals surface area contributed by atoms with Crippen LogP contribution in [0.15, 0.2) is 109 Å². The van der Waals surface area contributed by atoms with Crippen LogP contribution in [0.25, 0.3) is 16.2 Å². The van der Waals surface area contributed by atoms with Crippen LogP contribution in [0.1, 0.15) is 18.1 Å². The summed E-state index contributed by atoms with van der Waals surface area (Å²) < 4.78 is 13.5. The van der Waals surface area contributed by atoms with Crippen molar-refractivity contribution in [1.82, 2.24) is 19.9 Å². The van der Waals surface area contributed by atoms with Crippen molar-refractivity contribution in [1.29, 1.82) is 0 Å². The topological polar surface area (TPSA) is 159 Å². The molecule has 0 saturated carbocycles. The summed E-state index contributed by atoms with van der Waals surface area (Å²) in [5, 5.41) is 38.0. The highest BCUT2D eigenvalue weighted by Gasteiger charge is 2.46. The standard InChI is InChI=1S/C21H18O5.C14H15N5O2S/c1-4-13(12-22)16(5-2)21(25-3)17-8-6-14(23)10-19(17)26-20-11-15(24)7-9-18(20)21;1-10(20)15-7-8-19(21)14-17-18-9-12(16-13(18)22-14)11-5-3-2-4-6-11/h4-12,23-24H,1-2H2,3H3;2-6,9,21H,7-8H2,1H3,(H,15,20)/b16-13-;. The Morgan fingerprint density at radius 2 is 1.71 bits per heavy atom. The Labute approximate surface area is 280 Å².